The highest BCUT2D eigenvalue weighted by atomic mass is 16.6. The number of aliphatic hydroxyl groups is 3. The van der Waals surface area contributed by atoms with E-state index in [1.54, 1.807) is 0 Å². The molecule has 1 aliphatic rings. The Kier molecular flexibility index (Phi) is 3.42. The Bertz CT molecular complexity index is 545. The first-order valence-electron chi connectivity index (χ1n) is 5.58. The molecular formula is C11H15N3O5. The molecule has 1 aliphatic heterocycles. The lowest BCUT2D eigenvalue weighted by atomic mass is 9.96. The number of nitrogens with zero attached hydrogens (tertiary/aromatic N) is 2. The van der Waals surface area contributed by atoms with Crippen LogP contribution in [0, 0.1) is 0 Å². The fourth-order valence-electron chi connectivity index (χ4n) is 2.01. The summed E-state index contributed by atoms with van der Waals surface area (Å²) in [6.07, 6.45) is -1.52. The Morgan fingerprint density at radius 3 is 2.79 bits per heavy atom. The van der Waals surface area contributed by atoms with Crippen LogP contribution in [0.4, 0.5) is 5.82 Å². The third-order valence-electron chi connectivity index (χ3n) is 3.17. The van der Waals surface area contributed by atoms with Crippen molar-refractivity contribution in [2.45, 2.75) is 24.0 Å². The fraction of sp³-hybridized carbons (Fsp3) is 0.455. The maximum atomic E-state index is 11.7. The number of nitrogens with two attached hydrogens (primary N) is 1. The van der Waals surface area contributed by atoms with Crippen LogP contribution in [-0.4, -0.2) is 49.3 Å². The van der Waals surface area contributed by atoms with Gasteiger partial charge in [-0.1, -0.05) is 6.08 Å². The van der Waals surface area contributed by atoms with Crippen LogP contribution in [0.15, 0.2) is 29.7 Å². The minimum Gasteiger partial charge on any atom is -0.393 e. The van der Waals surface area contributed by atoms with Crippen LogP contribution >= 0.6 is 0 Å². The number of aromatic nitrogens is 2. The number of hydrogen-bond donors (Lipinski definition) is 4. The lowest BCUT2D eigenvalue weighted by molar-refractivity contribution is -0.0992. The quantitative estimate of drug-likeness (QED) is 0.466. The first-order valence-corrected chi connectivity index (χ1v) is 5.58. The largest absolute Gasteiger partial charge is 0.393 e. The Morgan fingerprint density at radius 2 is 2.32 bits per heavy atom. The van der Waals surface area contributed by atoms with Crippen molar-refractivity contribution in [3.8, 4) is 0 Å². The van der Waals surface area contributed by atoms with E-state index in [4.69, 9.17) is 10.5 Å². The molecule has 2 unspecified atom stereocenters. The van der Waals surface area contributed by atoms with E-state index >= 15 is 0 Å². The number of ether oxygens (including phenoxy) is 1. The molecule has 19 heavy (non-hydrogen) atoms. The molecule has 0 bridgehead atoms. The third-order valence-corrected chi connectivity index (χ3v) is 3.17. The Morgan fingerprint density at radius 1 is 1.63 bits per heavy atom. The van der Waals surface area contributed by atoms with Crippen molar-refractivity contribution >= 4 is 5.82 Å². The van der Waals surface area contributed by atoms with E-state index in [1.807, 2.05) is 0 Å². The van der Waals surface area contributed by atoms with Gasteiger partial charge in [-0.25, -0.2) is 4.79 Å². The highest BCUT2D eigenvalue weighted by Gasteiger charge is 2.53. The second-order valence-corrected chi connectivity index (χ2v) is 4.30. The van der Waals surface area contributed by atoms with Gasteiger partial charge in [-0.2, -0.15) is 4.98 Å². The van der Waals surface area contributed by atoms with Gasteiger partial charge in [0.15, 0.2) is 6.23 Å². The van der Waals surface area contributed by atoms with E-state index in [2.05, 4.69) is 11.6 Å². The molecular weight excluding hydrogens is 254 g/mol. The van der Waals surface area contributed by atoms with Crippen LogP contribution in [0.3, 0.4) is 0 Å². The van der Waals surface area contributed by atoms with Gasteiger partial charge >= 0.3 is 5.69 Å². The van der Waals surface area contributed by atoms with Gasteiger partial charge in [0.05, 0.1) is 6.61 Å². The third kappa shape index (κ3) is 2.04. The van der Waals surface area contributed by atoms with Gasteiger partial charge in [0.1, 0.15) is 23.6 Å². The van der Waals surface area contributed by atoms with Crippen molar-refractivity contribution in [1.82, 2.24) is 9.55 Å². The molecule has 0 saturated carbocycles. The average Bonchev–Trinajstić information content (AvgIpc) is 2.64. The average molecular weight is 269 g/mol. The Labute approximate surface area is 108 Å². The standard InChI is InChI=1S/C11H15N3O5/c1-2-11(5-15)8(17)7(16)9(19-11)14-4-3-6(12)13-10(14)18/h2-4,7-9,15-17H,1,5H2,(H2,12,13,18)/t7?,8?,9-,11-/m1/s1. The smallest absolute Gasteiger partial charge is 0.351 e. The van der Waals surface area contributed by atoms with Gasteiger partial charge in [0, 0.05) is 6.20 Å². The second kappa shape index (κ2) is 4.74. The summed E-state index contributed by atoms with van der Waals surface area (Å²) in [4.78, 5) is 15.2. The lowest BCUT2D eigenvalue weighted by Gasteiger charge is -2.25. The van der Waals surface area contributed by atoms with Crippen molar-refractivity contribution in [3.05, 3.63) is 35.4 Å². The van der Waals surface area contributed by atoms with Gasteiger partial charge in [0.25, 0.3) is 0 Å². The summed E-state index contributed by atoms with van der Waals surface area (Å²) in [6, 6.07) is 1.36. The molecule has 5 N–H and O–H groups in total. The summed E-state index contributed by atoms with van der Waals surface area (Å²) in [5.74, 6) is 0.0337. The van der Waals surface area contributed by atoms with Crippen molar-refractivity contribution in [1.29, 1.82) is 0 Å². The number of hydrogen-bond acceptors (Lipinski definition) is 7. The zero-order valence-electron chi connectivity index (χ0n) is 10.0. The molecule has 2 rings (SSSR count). The van der Waals surface area contributed by atoms with Crippen LogP contribution in [-0.2, 0) is 4.74 Å². The van der Waals surface area contributed by atoms with E-state index < -0.39 is 36.3 Å². The maximum absolute atomic E-state index is 11.7. The summed E-state index contributed by atoms with van der Waals surface area (Å²) < 4.78 is 6.38. The lowest BCUT2D eigenvalue weighted by Crippen LogP contribution is -2.44. The maximum Gasteiger partial charge on any atom is 0.351 e. The summed E-state index contributed by atoms with van der Waals surface area (Å²) in [7, 11) is 0. The Hall–Kier alpha value is -1.74. The van der Waals surface area contributed by atoms with E-state index in [9.17, 15) is 20.1 Å². The van der Waals surface area contributed by atoms with E-state index in [0.29, 0.717) is 0 Å². The summed E-state index contributed by atoms with van der Waals surface area (Å²) in [5.41, 5.74) is 3.11. The molecule has 0 spiro atoms. The molecule has 4 atom stereocenters. The first-order chi connectivity index (χ1) is 8.95. The fourth-order valence-corrected chi connectivity index (χ4v) is 2.01. The number of anilines is 1. The number of aliphatic hydroxyl groups excluding tert-OH is 3. The van der Waals surface area contributed by atoms with Gasteiger partial charge in [-0.15, -0.1) is 6.58 Å². The first kappa shape index (κ1) is 13.7. The molecule has 0 aromatic carbocycles. The van der Waals surface area contributed by atoms with E-state index in [-0.39, 0.29) is 5.82 Å². The summed E-state index contributed by atoms with van der Waals surface area (Å²) in [6.45, 7) is 2.88. The predicted octanol–water partition coefficient (Wildman–Crippen LogP) is -2.01. The number of nitrogen functional groups attached to an aromatic ring is 1. The van der Waals surface area contributed by atoms with Crippen molar-refractivity contribution in [2.24, 2.45) is 0 Å². The molecule has 8 nitrogen and oxygen atoms in total. The topological polar surface area (TPSA) is 131 Å². The summed E-state index contributed by atoms with van der Waals surface area (Å²) >= 11 is 0. The van der Waals surface area contributed by atoms with Crippen LogP contribution in [0.2, 0.25) is 0 Å². The molecule has 0 amide bonds. The van der Waals surface area contributed by atoms with Crippen LogP contribution in [0.5, 0.6) is 0 Å². The van der Waals surface area contributed by atoms with E-state index in [0.717, 1.165) is 4.57 Å². The van der Waals surface area contributed by atoms with Gasteiger partial charge in [-0.05, 0) is 6.07 Å². The van der Waals surface area contributed by atoms with Gasteiger partial charge < -0.3 is 25.8 Å². The number of rotatable bonds is 3. The van der Waals surface area contributed by atoms with Crippen LogP contribution in [0.25, 0.3) is 0 Å². The molecule has 1 aromatic rings. The van der Waals surface area contributed by atoms with Gasteiger partial charge in [0.2, 0.25) is 0 Å². The molecule has 0 radical (unpaired) electrons. The summed E-state index contributed by atoms with van der Waals surface area (Å²) in [5, 5.41) is 29.2. The van der Waals surface area contributed by atoms with Crippen molar-refractivity contribution in [2.75, 3.05) is 12.3 Å². The Balaban J connectivity index is 2.42. The minimum atomic E-state index is -1.52. The zero-order valence-corrected chi connectivity index (χ0v) is 10.0. The molecule has 1 aromatic heterocycles. The minimum absolute atomic E-state index is 0.0337. The molecule has 1 saturated heterocycles. The predicted molar refractivity (Wildman–Crippen MR) is 65.1 cm³/mol. The SMILES string of the molecule is C=C[C@]1(CO)O[C@@H](n2ccc(N)nc2=O)C(O)C1O. The second-order valence-electron chi connectivity index (χ2n) is 4.30. The highest BCUT2D eigenvalue weighted by Crippen LogP contribution is 2.37. The molecule has 8 heteroatoms. The highest BCUT2D eigenvalue weighted by molar-refractivity contribution is 5.24. The monoisotopic (exact) mass is 269 g/mol. The zero-order chi connectivity index (χ0) is 14.2. The van der Waals surface area contributed by atoms with Crippen LogP contribution in [0.1, 0.15) is 6.23 Å². The van der Waals surface area contributed by atoms with E-state index in [1.165, 1.54) is 18.3 Å². The van der Waals surface area contributed by atoms with Crippen molar-refractivity contribution < 1.29 is 20.1 Å². The molecule has 0 aliphatic carbocycles. The molecule has 1 fully saturated rings. The molecule has 104 valence electrons. The van der Waals surface area contributed by atoms with Crippen molar-refractivity contribution in [3.63, 3.8) is 0 Å². The normalized spacial score (nSPS) is 34.4. The van der Waals surface area contributed by atoms with Crippen LogP contribution < -0.4 is 11.4 Å². The van der Waals surface area contributed by atoms with Gasteiger partial charge in [-0.3, -0.25) is 4.57 Å². The molecule has 2 heterocycles.